The van der Waals surface area contributed by atoms with E-state index in [1.165, 1.54) is 22.1 Å². The molecule has 546 valence electrons. The first kappa shape index (κ1) is 88.5. The Morgan fingerprint density at radius 2 is 1.03 bits per heavy atom. The average molecular weight is 1340 g/mol. The zero-order chi connectivity index (χ0) is 72.5. The van der Waals surface area contributed by atoms with Crippen molar-refractivity contribution in [3.63, 3.8) is 0 Å². The van der Waals surface area contributed by atoms with Crippen LogP contribution in [-0.4, -0.2) is 195 Å². The van der Waals surface area contributed by atoms with Crippen molar-refractivity contribution in [2.45, 2.75) is 371 Å². The number of rotatable bonds is 18. The highest BCUT2D eigenvalue weighted by atomic mass is 31.2. The predicted octanol–water partition coefficient (Wildman–Crippen LogP) is 16.1. The third-order valence-corrected chi connectivity index (χ3v) is 26.1. The molecule has 0 aliphatic carbocycles. The predicted molar refractivity (Wildman–Crippen MR) is 368 cm³/mol. The summed E-state index contributed by atoms with van der Waals surface area (Å²) in [5, 5.41) is 59.6. The highest BCUT2D eigenvalue weighted by Crippen LogP contribution is 2.60. The fourth-order valence-corrected chi connectivity index (χ4v) is 17.4. The minimum absolute atomic E-state index is 0.0525. The van der Waals surface area contributed by atoms with Crippen molar-refractivity contribution in [3.05, 3.63) is 0 Å². The smallest absolute Gasteiger partial charge is 0.350 e. The van der Waals surface area contributed by atoms with Gasteiger partial charge in [0, 0.05) is 84.0 Å². The Hall–Kier alpha value is -1.56. The molecule has 92 heavy (non-hydrogen) atoms. The van der Waals surface area contributed by atoms with Gasteiger partial charge in [0.05, 0.1) is 64.2 Å². The van der Waals surface area contributed by atoms with Crippen LogP contribution >= 0.6 is 7.60 Å². The van der Waals surface area contributed by atoms with Crippen LogP contribution in [0, 0.1) is 22.7 Å². The third kappa shape index (κ3) is 19.0. The molecule has 10 unspecified atom stereocenters. The van der Waals surface area contributed by atoms with E-state index in [2.05, 4.69) is 83.5 Å². The number of carbonyl (C=O) groups is 3. The van der Waals surface area contributed by atoms with Crippen LogP contribution in [0.1, 0.15) is 297 Å². The van der Waals surface area contributed by atoms with E-state index >= 15 is 0 Å². The van der Waals surface area contributed by atoms with Crippen LogP contribution in [0.5, 0.6) is 0 Å². The zero-order valence-corrected chi connectivity index (χ0v) is 65.8. The standard InChI is InChI=1S/C19H37NO3.C14H29N2O2.C13H30NO4P.C13H25NO3.C12H23NO2/c1-8-16(6)12-19(15(5)17(7,9-2)20(16)21)22-13-18(10-3,11-4)14-23-19;1-8-14(9-2)12(17)11(16(5,6)7)10-13(3,4)15(14)18;1-9-17-19(16,18-10-2)11(12(3,4)5)14(15)13(6,7)8;1-6-12(4)8-11(17-10(3)15)9-13(5,7-2)14(12)16;1-6-11(4)8-10(14)9(3)12(5,7-2)13(11)15/h15,21H,8-14H2,1-7H3;11,18H,8-10H2,1-7H3;11,15H,9-10H2,1-8H3;11,16H,6-9H2,1-5H3;9,15H,6-8H2,1-5H3/q;+1;;;. The Labute approximate surface area is 561 Å². The van der Waals surface area contributed by atoms with E-state index in [4.69, 9.17) is 23.3 Å². The highest BCUT2D eigenvalue weighted by molar-refractivity contribution is 7.54. The van der Waals surface area contributed by atoms with E-state index in [-0.39, 0.29) is 87.8 Å². The summed E-state index contributed by atoms with van der Waals surface area (Å²) in [7, 11) is 2.74. The van der Waals surface area contributed by atoms with E-state index in [9.17, 15) is 45.0 Å². The number of hydrogen-bond acceptors (Lipinski definition) is 19. The zero-order valence-electron chi connectivity index (χ0n) is 64.9. The fraction of sp³-hybridized carbons (Fsp3) is 0.958. The van der Waals surface area contributed by atoms with Crippen molar-refractivity contribution in [2.75, 3.05) is 47.6 Å². The molecule has 5 rings (SSSR count). The number of Topliss-reactive ketones (excluding diaryl/α,β-unsaturated/α-hetero) is 2. The first-order chi connectivity index (χ1) is 41.7. The van der Waals surface area contributed by atoms with Crippen LogP contribution in [0.4, 0.5) is 0 Å². The maximum Gasteiger partial charge on any atom is 0.350 e. The number of carbonyl (C=O) groups excluding carboxylic acids is 3. The van der Waals surface area contributed by atoms with Crippen LogP contribution in [0.3, 0.4) is 0 Å². The van der Waals surface area contributed by atoms with Crippen LogP contribution in [0.2, 0.25) is 0 Å². The fourth-order valence-electron chi connectivity index (χ4n) is 14.7. The molecule has 5 N–H and O–H groups in total. The normalized spacial score (nSPS) is 33.2. The van der Waals surface area contributed by atoms with Gasteiger partial charge in [-0.05, 0) is 160 Å². The first-order valence-electron chi connectivity index (χ1n) is 35.4. The van der Waals surface area contributed by atoms with Gasteiger partial charge < -0.3 is 53.8 Å². The van der Waals surface area contributed by atoms with Gasteiger partial charge in [-0.25, -0.2) is 0 Å². The second-order valence-electron chi connectivity index (χ2n) is 33.0. The molecule has 5 fully saturated rings. The maximum absolute atomic E-state index is 13.0. The summed E-state index contributed by atoms with van der Waals surface area (Å²) >= 11 is 0. The number of ketones is 2. The lowest BCUT2D eigenvalue weighted by Crippen LogP contribution is -2.73. The minimum atomic E-state index is -3.43. The lowest BCUT2D eigenvalue weighted by Gasteiger charge is -2.63. The van der Waals surface area contributed by atoms with Crippen LogP contribution in [-0.2, 0) is 42.2 Å². The average Bonchev–Trinajstić information content (AvgIpc) is 0.726. The van der Waals surface area contributed by atoms with Gasteiger partial charge in [0.2, 0.25) is 5.78 Å². The van der Waals surface area contributed by atoms with E-state index in [0.29, 0.717) is 49.4 Å². The minimum Gasteiger partial charge on any atom is -0.462 e. The summed E-state index contributed by atoms with van der Waals surface area (Å²) in [6.07, 6.45) is 11.6. The molecular weight excluding hydrogens is 1190 g/mol. The van der Waals surface area contributed by atoms with Gasteiger partial charge in [0.25, 0.3) is 0 Å². The van der Waals surface area contributed by atoms with Crippen molar-refractivity contribution in [1.29, 1.82) is 0 Å². The molecule has 0 amide bonds. The quantitative estimate of drug-likeness (QED) is 0.0372. The van der Waals surface area contributed by atoms with E-state index in [1.807, 2.05) is 118 Å². The summed E-state index contributed by atoms with van der Waals surface area (Å²) in [5.41, 5.74) is -4.07. The largest absolute Gasteiger partial charge is 0.462 e. The summed E-state index contributed by atoms with van der Waals surface area (Å²) in [6, 6.07) is -0.0525. The SMILES string of the molecule is CCC1(C)CC(=O)C(C)C(C)(CC)N1O.CCC1(C)CC(OC(C)=O)CC(C)(CC)N1O.CCC1(CC)C(=O)C([N+](C)(C)C)CC(C)(C)N1O.CCC1(CC)COC2(CC(C)(CC)N(O)C(C)(CC)C2C)OC1.CCOP(=O)(OCC)C(N(O)C(C)(C)C)C(C)(C)C. The molecule has 0 aromatic carbocycles. The molecule has 5 aliphatic heterocycles. The van der Waals surface area contributed by atoms with E-state index < -0.39 is 46.7 Å². The molecule has 10 atom stereocenters. The summed E-state index contributed by atoms with van der Waals surface area (Å²) in [5.74, 6) is -1.07. The van der Waals surface area contributed by atoms with Gasteiger partial charge in [-0.2, -0.15) is 25.3 Å². The number of piperidine rings is 4. The van der Waals surface area contributed by atoms with Gasteiger partial charge in [-0.15, -0.1) is 0 Å². The Balaban J connectivity index is 0.000000579. The Morgan fingerprint density at radius 3 is 1.36 bits per heavy atom. The Morgan fingerprint density at radius 1 is 0.620 bits per heavy atom. The Kier molecular flexibility index (Phi) is 31.8. The van der Waals surface area contributed by atoms with Gasteiger partial charge in [-0.3, -0.25) is 18.9 Å². The molecular formula is C71H144N6O14P+. The number of likely N-dealkylation sites (N-methyl/N-ethyl adjacent to an activating group) is 1. The molecule has 0 radical (unpaired) electrons. The third-order valence-electron chi connectivity index (χ3n) is 23.2. The van der Waals surface area contributed by atoms with Crippen LogP contribution < -0.4 is 0 Å². The molecule has 21 heteroatoms. The molecule has 0 aromatic rings. The molecule has 0 bridgehead atoms. The second-order valence-corrected chi connectivity index (χ2v) is 35.0. The van der Waals surface area contributed by atoms with Crippen molar-refractivity contribution in [2.24, 2.45) is 22.7 Å². The monoisotopic (exact) mass is 1340 g/mol. The molecule has 20 nitrogen and oxygen atoms in total. The number of hydroxylamine groups is 10. The van der Waals surface area contributed by atoms with Crippen molar-refractivity contribution in [3.8, 4) is 0 Å². The summed E-state index contributed by atoms with van der Waals surface area (Å²) < 4.78 is 42.8. The number of quaternary nitrogens is 1. The van der Waals surface area contributed by atoms with Crippen molar-refractivity contribution >= 4 is 25.1 Å². The van der Waals surface area contributed by atoms with Crippen LogP contribution in [0.15, 0.2) is 0 Å². The van der Waals surface area contributed by atoms with E-state index in [1.54, 1.807) is 18.9 Å². The lowest BCUT2D eigenvalue weighted by atomic mass is 9.66. The molecule has 5 saturated heterocycles. The van der Waals surface area contributed by atoms with Crippen molar-refractivity contribution in [1.82, 2.24) is 25.3 Å². The van der Waals surface area contributed by atoms with Gasteiger partial charge in [0.1, 0.15) is 23.2 Å². The van der Waals surface area contributed by atoms with Gasteiger partial charge in [0.15, 0.2) is 11.8 Å². The number of esters is 1. The number of ether oxygens (including phenoxy) is 3. The molecule has 5 aliphatic rings. The Bertz CT molecular complexity index is 2330. The summed E-state index contributed by atoms with van der Waals surface area (Å²) in [4.78, 5) is 35.9. The second kappa shape index (κ2) is 33.1. The first-order valence-corrected chi connectivity index (χ1v) is 37.0. The lowest BCUT2D eigenvalue weighted by molar-refractivity contribution is -0.888. The summed E-state index contributed by atoms with van der Waals surface area (Å²) in [6.45, 7) is 59.6. The number of nitrogens with zero attached hydrogens (tertiary/aromatic N) is 6. The van der Waals surface area contributed by atoms with Crippen LogP contribution in [0.25, 0.3) is 0 Å². The van der Waals surface area contributed by atoms with Gasteiger partial charge >= 0.3 is 13.6 Å². The van der Waals surface area contributed by atoms with E-state index in [0.717, 1.165) is 69.6 Å². The van der Waals surface area contributed by atoms with Gasteiger partial charge in [-0.1, -0.05) is 104 Å². The molecule has 0 saturated carbocycles. The topological polar surface area (TPSA) is 232 Å². The highest BCUT2D eigenvalue weighted by Gasteiger charge is 2.64. The number of hydrogen-bond donors (Lipinski definition) is 5. The molecule has 0 aromatic heterocycles. The molecule has 1 spiro atoms. The molecule has 5 heterocycles. The maximum atomic E-state index is 13.0. The van der Waals surface area contributed by atoms with Crippen molar-refractivity contribution < 1.29 is 72.7 Å².